The molecule has 0 bridgehead atoms. The van der Waals surface area contributed by atoms with Crippen LogP contribution in [0.3, 0.4) is 0 Å². The van der Waals surface area contributed by atoms with Gasteiger partial charge >= 0.3 is 0 Å². The van der Waals surface area contributed by atoms with E-state index in [2.05, 4.69) is 19.9 Å². The molecule has 15 heavy (non-hydrogen) atoms. The summed E-state index contributed by atoms with van der Waals surface area (Å²) in [4.78, 5) is 10.8. The standard InChI is InChI=1S/C10H11NO.C3H8/c11-10(12)9-3-1-2-8(6-9)7-4-5-7;1-3-2/h1-3,6-7H,4-5H2,(H2,11,12);3H2,1-2H3. The van der Waals surface area contributed by atoms with Gasteiger partial charge in [0.15, 0.2) is 0 Å². The highest BCUT2D eigenvalue weighted by Crippen LogP contribution is 2.40. The van der Waals surface area contributed by atoms with Crippen LogP contribution in [0, 0.1) is 0 Å². The molecular weight excluding hydrogens is 186 g/mol. The zero-order valence-electron chi connectivity index (χ0n) is 9.49. The predicted octanol–water partition coefficient (Wildman–Crippen LogP) is 3.08. The number of carbonyl (C=O) groups is 1. The molecule has 1 aromatic carbocycles. The van der Waals surface area contributed by atoms with Crippen molar-refractivity contribution in [1.82, 2.24) is 0 Å². The molecule has 0 aliphatic heterocycles. The van der Waals surface area contributed by atoms with Crippen molar-refractivity contribution in [2.24, 2.45) is 5.73 Å². The Balaban J connectivity index is 0.000000337. The fourth-order valence-electron chi connectivity index (χ4n) is 1.36. The van der Waals surface area contributed by atoms with Crippen molar-refractivity contribution in [3.8, 4) is 0 Å². The van der Waals surface area contributed by atoms with Gasteiger partial charge in [-0.1, -0.05) is 32.4 Å². The lowest BCUT2D eigenvalue weighted by Crippen LogP contribution is -2.10. The fraction of sp³-hybridized carbons (Fsp3) is 0.462. The Morgan fingerprint density at radius 3 is 2.47 bits per heavy atom. The molecule has 2 heteroatoms. The van der Waals surface area contributed by atoms with E-state index in [1.807, 2.05) is 12.1 Å². The van der Waals surface area contributed by atoms with Crippen LogP contribution in [0.15, 0.2) is 24.3 Å². The lowest BCUT2D eigenvalue weighted by Gasteiger charge is -1.99. The van der Waals surface area contributed by atoms with Crippen LogP contribution < -0.4 is 5.73 Å². The molecule has 2 nitrogen and oxygen atoms in total. The maximum atomic E-state index is 10.8. The molecule has 2 rings (SSSR count). The highest BCUT2D eigenvalue weighted by molar-refractivity contribution is 5.92. The zero-order valence-corrected chi connectivity index (χ0v) is 9.49. The van der Waals surface area contributed by atoms with Crippen LogP contribution in [0.4, 0.5) is 0 Å². The third-order valence-electron chi connectivity index (χ3n) is 2.22. The SMILES string of the molecule is CCC.NC(=O)c1cccc(C2CC2)c1. The number of hydrogen-bond donors (Lipinski definition) is 1. The molecule has 2 N–H and O–H groups in total. The van der Waals surface area contributed by atoms with Gasteiger partial charge in [-0.25, -0.2) is 0 Å². The van der Waals surface area contributed by atoms with Gasteiger partial charge < -0.3 is 5.73 Å². The number of primary amides is 1. The van der Waals surface area contributed by atoms with Crippen LogP contribution in [0.1, 0.15) is 54.9 Å². The van der Waals surface area contributed by atoms with Crippen LogP contribution in [0.5, 0.6) is 0 Å². The first-order valence-electron chi connectivity index (χ1n) is 5.58. The Hall–Kier alpha value is -1.31. The molecule has 1 amide bonds. The van der Waals surface area contributed by atoms with Gasteiger partial charge in [-0.2, -0.15) is 0 Å². The largest absolute Gasteiger partial charge is 0.366 e. The normalized spacial score (nSPS) is 14.0. The van der Waals surface area contributed by atoms with Crippen LogP contribution >= 0.6 is 0 Å². The Kier molecular flexibility index (Phi) is 4.35. The minimum Gasteiger partial charge on any atom is -0.366 e. The molecule has 1 saturated carbocycles. The molecule has 0 heterocycles. The number of carbonyl (C=O) groups excluding carboxylic acids is 1. The van der Waals surface area contributed by atoms with E-state index in [9.17, 15) is 4.79 Å². The van der Waals surface area contributed by atoms with E-state index in [4.69, 9.17) is 5.73 Å². The second-order valence-corrected chi connectivity index (χ2v) is 3.97. The van der Waals surface area contributed by atoms with E-state index in [0.29, 0.717) is 11.5 Å². The van der Waals surface area contributed by atoms with Crippen molar-refractivity contribution in [1.29, 1.82) is 0 Å². The van der Waals surface area contributed by atoms with Crippen molar-refractivity contribution in [2.75, 3.05) is 0 Å². The Morgan fingerprint density at radius 2 is 2.00 bits per heavy atom. The number of benzene rings is 1. The first-order valence-corrected chi connectivity index (χ1v) is 5.58. The summed E-state index contributed by atoms with van der Waals surface area (Å²) in [5.41, 5.74) is 7.04. The van der Waals surface area contributed by atoms with Crippen LogP contribution in [0.2, 0.25) is 0 Å². The van der Waals surface area contributed by atoms with Crippen molar-refractivity contribution >= 4 is 5.91 Å². The predicted molar refractivity (Wildman–Crippen MR) is 62.9 cm³/mol. The molecule has 0 spiro atoms. The molecule has 1 aromatic rings. The fourth-order valence-corrected chi connectivity index (χ4v) is 1.36. The summed E-state index contributed by atoms with van der Waals surface area (Å²) in [6, 6.07) is 7.62. The second-order valence-electron chi connectivity index (χ2n) is 3.97. The first kappa shape index (κ1) is 11.8. The highest BCUT2D eigenvalue weighted by Gasteiger charge is 2.23. The Bertz CT molecular complexity index is 329. The average Bonchev–Trinajstić information content (AvgIpc) is 3.02. The number of amides is 1. The van der Waals surface area contributed by atoms with Crippen LogP contribution in [-0.4, -0.2) is 5.91 Å². The molecule has 0 atom stereocenters. The van der Waals surface area contributed by atoms with Crippen LogP contribution in [0.25, 0.3) is 0 Å². The molecule has 82 valence electrons. The van der Waals surface area contributed by atoms with Gasteiger partial charge in [-0.05, 0) is 36.5 Å². The van der Waals surface area contributed by atoms with E-state index in [1.54, 1.807) is 6.07 Å². The van der Waals surface area contributed by atoms with Crippen molar-refractivity contribution < 1.29 is 4.79 Å². The minimum absolute atomic E-state index is 0.336. The van der Waals surface area contributed by atoms with E-state index >= 15 is 0 Å². The maximum Gasteiger partial charge on any atom is 0.248 e. The maximum absolute atomic E-state index is 10.8. The highest BCUT2D eigenvalue weighted by atomic mass is 16.1. The van der Waals surface area contributed by atoms with E-state index in [0.717, 1.165) is 0 Å². The van der Waals surface area contributed by atoms with Gasteiger partial charge in [-0.3, -0.25) is 4.79 Å². The molecule has 0 radical (unpaired) electrons. The van der Waals surface area contributed by atoms with Gasteiger partial charge in [0.25, 0.3) is 0 Å². The second kappa shape index (κ2) is 5.54. The smallest absolute Gasteiger partial charge is 0.248 e. The Labute approximate surface area is 91.5 Å². The van der Waals surface area contributed by atoms with Gasteiger partial charge in [-0.15, -0.1) is 0 Å². The van der Waals surface area contributed by atoms with Crippen LogP contribution in [-0.2, 0) is 0 Å². The quantitative estimate of drug-likeness (QED) is 0.792. The monoisotopic (exact) mass is 205 g/mol. The summed E-state index contributed by atoms with van der Waals surface area (Å²) in [6.07, 6.45) is 3.75. The van der Waals surface area contributed by atoms with E-state index in [1.165, 1.54) is 24.8 Å². The average molecular weight is 205 g/mol. The van der Waals surface area contributed by atoms with Crippen molar-refractivity contribution in [3.63, 3.8) is 0 Å². The molecule has 0 unspecified atom stereocenters. The number of hydrogen-bond acceptors (Lipinski definition) is 1. The summed E-state index contributed by atoms with van der Waals surface area (Å²) < 4.78 is 0. The zero-order chi connectivity index (χ0) is 11.3. The van der Waals surface area contributed by atoms with Gasteiger partial charge in [0, 0.05) is 5.56 Å². The summed E-state index contributed by atoms with van der Waals surface area (Å²) in [5, 5.41) is 0. The lowest BCUT2D eigenvalue weighted by atomic mass is 10.1. The van der Waals surface area contributed by atoms with Crippen molar-refractivity contribution in [3.05, 3.63) is 35.4 Å². The number of rotatable bonds is 2. The summed E-state index contributed by atoms with van der Waals surface area (Å²) >= 11 is 0. The third kappa shape index (κ3) is 3.74. The first-order chi connectivity index (χ1) is 7.19. The summed E-state index contributed by atoms with van der Waals surface area (Å²) in [6.45, 7) is 4.25. The molecule has 0 aromatic heterocycles. The van der Waals surface area contributed by atoms with Gasteiger partial charge in [0.1, 0.15) is 0 Å². The van der Waals surface area contributed by atoms with Gasteiger partial charge in [0.05, 0.1) is 0 Å². The summed E-state index contributed by atoms with van der Waals surface area (Å²) in [7, 11) is 0. The molecule has 0 saturated heterocycles. The van der Waals surface area contributed by atoms with Crippen molar-refractivity contribution in [2.45, 2.75) is 39.0 Å². The summed E-state index contributed by atoms with van der Waals surface area (Å²) in [5.74, 6) is 0.349. The van der Waals surface area contributed by atoms with Gasteiger partial charge in [0.2, 0.25) is 5.91 Å². The molecule has 1 aliphatic carbocycles. The molecule has 1 aliphatic rings. The Morgan fingerprint density at radius 1 is 1.40 bits per heavy atom. The lowest BCUT2D eigenvalue weighted by molar-refractivity contribution is 0.1000. The molecular formula is C13H19NO. The number of nitrogens with two attached hydrogens (primary N) is 1. The molecule has 1 fully saturated rings. The minimum atomic E-state index is -0.336. The topological polar surface area (TPSA) is 43.1 Å². The van der Waals surface area contributed by atoms with E-state index < -0.39 is 0 Å². The van der Waals surface area contributed by atoms with E-state index in [-0.39, 0.29) is 5.91 Å². The third-order valence-corrected chi connectivity index (χ3v) is 2.22.